The SMILES string of the molecule is NCSCCC1CCC(Nc2cc(-c3cccc(SC(=O)F)c3)[nH]ncccn2)C1. The molecule has 1 saturated carbocycles. The maximum atomic E-state index is 12.8. The molecule has 9 heteroatoms. The number of H-pyrrole nitrogens is 1. The molecule has 2 atom stereocenters. The Balaban J connectivity index is 1.78. The van der Waals surface area contributed by atoms with Gasteiger partial charge in [-0.25, -0.2) is 9.78 Å². The summed E-state index contributed by atoms with van der Waals surface area (Å²) in [4.78, 5) is 15.9. The van der Waals surface area contributed by atoms with E-state index in [4.69, 9.17) is 5.73 Å². The van der Waals surface area contributed by atoms with Gasteiger partial charge in [0.05, 0.1) is 5.69 Å². The molecule has 4 N–H and O–H groups in total. The zero-order chi connectivity index (χ0) is 21.2. The molecule has 1 aromatic carbocycles. The fourth-order valence-electron chi connectivity index (χ4n) is 3.58. The predicted octanol–water partition coefficient (Wildman–Crippen LogP) is 5.40. The molecule has 0 amide bonds. The molecule has 1 fully saturated rings. The Morgan fingerprint density at radius 2 is 2.17 bits per heavy atom. The van der Waals surface area contributed by atoms with Crippen molar-refractivity contribution in [2.75, 3.05) is 16.9 Å². The van der Waals surface area contributed by atoms with E-state index in [1.54, 1.807) is 48.4 Å². The second kappa shape index (κ2) is 11.9. The number of hydrogen-bond donors (Lipinski definition) is 3. The highest BCUT2D eigenvalue weighted by molar-refractivity contribution is 8.13. The van der Waals surface area contributed by atoms with Crippen LogP contribution in [0.5, 0.6) is 0 Å². The molecule has 1 aliphatic carbocycles. The van der Waals surface area contributed by atoms with Crippen LogP contribution in [-0.2, 0) is 0 Å². The molecule has 1 aliphatic rings. The third-order valence-electron chi connectivity index (χ3n) is 4.95. The summed E-state index contributed by atoms with van der Waals surface area (Å²) in [6.07, 6.45) is 7.95. The van der Waals surface area contributed by atoms with Gasteiger partial charge in [0.2, 0.25) is 0 Å². The Morgan fingerprint density at radius 1 is 1.27 bits per heavy atom. The molecule has 30 heavy (non-hydrogen) atoms. The first-order valence-electron chi connectivity index (χ1n) is 9.90. The van der Waals surface area contributed by atoms with E-state index in [1.165, 1.54) is 12.8 Å². The van der Waals surface area contributed by atoms with E-state index < -0.39 is 5.37 Å². The average molecular weight is 448 g/mol. The number of thioether (sulfide) groups is 2. The summed E-state index contributed by atoms with van der Waals surface area (Å²) < 4.78 is 12.8. The van der Waals surface area contributed by atoms with Crippen molar-refractivity contribution in [1.29, 1.82) is 0 Å². The van der Waals surface area contributed by atoms with Gasteiger partial charge in [-0.2, -0.15) is 9.49 Å². The molecule has 0 radical (unpaired) electrons. The lowest BCUT2D eigenvalue weighted by Crippen LogP contribution is -2.16. The van der Waals surface area contributed by atoms with Gasteiger partial charge in [-0.1, -0.05) is 12.1 Å². The molecule has 3 rings (SSSR count). The van der Waals surface area contributed by atoms with Crippen LogP contribution in [0.1, 0.15) is 25.7 Å². The lowest BCUT2D eigenvalue weighted by molar-refractivity contribution is 0.245. The zero-order valence-electron chi connectivity index (χ0n) is 16.6. The van der Waals surface area contributed by atoms with Gasteiger partial charge < -0.3 is 11.1 Å². The smallest absolute Gasteiger partial charge is 0.364 e. The van der Waals surface area contributed by atoms with Crippen LogP contribution >= 0.6 is 23.5 Å². The maximum Gasteiger partial charge on any atom is 0.364 e. The standard InChI is InChI=1S/C21H26FN5OS2/c22-21(28)30-18-4-1-3-16(12-18)19-13-20(24-8-2-9-25-27-19)26-17-6-5-15(11-17)7-10-29-14-23/h1-4,8-9,12-13,15,17,27H,5-7,10-11,14,23H2,(H,24,26). The summed E-state index contributed by atoms with van der Waals surface area (Å²) in [5.41, 5.74) is 7.07. The molecule has 0 saturated heterocycles. The van der Waals surface area contributed by atoms with Crippen LogP contribution in [0.2, 0.25) is 0 Å². The summed E-state index contributed by atoms with van der Waals surface area (Å²) in [6.45, 7) is 0. The first kappa shape index (κ1) is 22.6. The molecule has 2 unspecified atom stereocenters. The monoisotopic (exact) mass is 447 g/mol. The van der Waals surface area contributed by atoms with Crippen LogP contribution in [0.4, 0.5) is 15.0 Å². The van der Waals surface area contributed by atoms with Crippen LogP contribution in [0, 0.1) is 5.92 Å². The molecule has 160 valence electrons. The zero-order valence-corrected chi connectivity index (χ0v) is 18.2. The van der Waals surface area contributed by atoms with Crippen LogP contribution in [0.25, 0.3) is 11.3 Å². The Labute approximate surface area is 184 Å². The minimum absolute atomic E-state index is 0.371. The largest absolute Gasteiger partial charge is 0.367 e. The normalized spacial score (nSPS) is 18.1. The number of carbonyl (C=O) groups is 1. The van der Waals surface area contributed by atoms with E-state index in [0.717, 1.165) is 30.0 Å². The third kappa shape index (κ3) is 7.30. The molecule has 0 aliphatic heterocycles. The van der Waals surface area contributed by atoms with Crippen molar-refractivity contribution < 1.29 is 9.18 Å². The minimum Gasteiger partial charge on any atom is -0.367 e. The summed E-state index contributed by atoms with van der Waals surface area (Å²) in [6, 6.07) is 11.1. The average Bonchev–Trinajstić information content (AvgIpc) is 3.20. The summed E-state index contributed by atoms with van der Waals surface area (Å²) in [7, 11) is 0. The summed E-state index contributed by atoms with van der Waals surface area (Å²) in [5, 5.41) is 9.30. The van der Waals surface area contributed by atoms with Gasteiger partial charge in [-0.15, -0.1) is 11.8 Å². The van der Waals surface area contributed by atoms with Gasteiger partial charge >= 0.3 is 5.37 Å². The van der Waals surface area contributed by atoms with Gasteiger partial charge in [0, 0.05) is 40.8 Å². The molecular weight excluding hydrogens is 421 g/mol. The second-order valence-electron chi connectivity index (χ2n) is 7.06. The lowest BCUT2D eigenvalue weighted by Gasteiger charge is -2.14. The van der Waals surface area contributed by atoms with Crippen molar-refractivity contribution >= 4 is 34.7 Å². The van der Waals surface area contributed by atoms with Crippen molar-refractivity contribution in [2.45, 2.75) is 36.6 Å². The van der Waals surface area contributed by atoms with Crippen molar-refractivity contribution in [2.24, 2.45) is 11.7 Å². The quantitative estimate of drug-likeness (QED) is 0.216. The maximum absolute atomic E-state index is 12.8. The van der Waals surface area contributed by atoms with Gasteiger partial charge in [0.25, 0.3) is 0 Å². The number of nitrogens with zero attached hydrogens (tertiary/aromatic N) is 2. The molecule has 0 bridgehead atoms. The Kier molecular flexibility index (Phi) is 8.98. The van der Waals surface area contributed by atoms with Crippen molar-refractivity contribution in [3.63, 3.8) is 0 Å². The Morgan fingerprint density at radius 3 is 3.00 bits per heavy atom. The van der Waals surface area contributed by atoms with E-state index >= 15 is 0 Å². The number of carbonyl (C=O) groups excluding carboxylic acids is 1. The van der Waals surface area contributed by atoms with E-state index in [-0.39, 0.29) is 0 Å². The van der Waals surface area contributed by atoms with Crippen LogP contribution in [-0.4, -0.2) is 38.2 Å². The lowest BCUT2D eigenvalue weighted by atomic mass is 10.1. The third-order valence-corrected chi connectivity index (χ3v) is 6.36. The van der Waals surface area contributed by atoms with Crippen molar-refractivity contribution in [3.05, 3.63) is 48.8 Å². The number of hydrogen-bond acceptors (Lipinski definition) is 7. The highest BCUT2D eigenvalue weighted by Crippen LogP contribution is 2.31. The Bertz CT molecular complexity index is 893. The highest BCUT2D eigenvalue weighted by atomic mass is 32.2. The number of aromatic amines is 1. The molecule has 2 aromatic rings. The van der Waals surface area contributed by atoms with E-state index in [1.807, 2.05) is 12.1 Å². The number of halogens is 1. The number of anilines is 1. The fourth-order valence-corrected chi connectivity index (χ4v) is 4.76. The first-order valence-corrected chi connectivity index (χ1v) is 11.9. The fraction of sp³-hybridized carbons (Fsp3) is 0.381. The number of rotatable bonds is 8. The number of nitrogens with two attached hydrogens (primary N) is 1. The van der Waals surface area contributed by atoms with Gasteiger partial charge in [0.15, 0.2) is 0 Å². The topological polar surface area (TPSA) is 96.7 Å². The van der Waals surface area contributed by atoms with Gasteiger partial charge in [-0.05, 0) is 67.3 Å². The van der Waals surface area contributed by atoms with Gasteiger partial charge in [-0.3, -0.25) is 5.10 Å². The van der Waals surface area contributed by atoms with E-state index in [9.17, 15) is 9.18 Å². The van der Waals surface area contributed by atoms with E-state index in [2.05, 4.69) is 20.5 Å². The van der Waals surface area contributed by atoms with Gasteiger partial charge in [0.1, 0.15) is 5.82 Å². The number of aromatic nitrogens is 3. The predicted molar refractivity (Wildman–Crippen MR) is 123 cm³/mol. The molecule has 1 heterocycles. The first-order chi connectivity index (χ1) is 14.6. The minimum atomic E-state index is -1.43. The van der Waals surface area contributed by atoms with Crippen molar-refractivity contribution in [1.82, 2.24) is 15.2 Å². The van der Waals surface area contributed by atoms with Crippen LogP contribution in [0.15, 0.2) is 53.7 Å². The molecule has 6 nitrogen and oxygen atoms in total. The summed E-state index contributed by atoms with van der Waals surface area (Å²) in [5.74, 6) is 3.24. The van der Waals surface area contributed by atoms with Crippen LogP contribution < -0.4 is 11.1 Å². The number of benzene rings is 1. The second-order valence-corrected chi connectivity index (χ2v) is 9.20. The Hall–Kier alpha value is -2.10. The highest BCUT2D eigenvalue weighted by Gasteiger charge is 2.24. The van der Waals surface area contributed by atoms with Crippen LogP contribution in [0.3, 0.4) is 0 Å². The molecule has 1 aromatic heterocycles. The molecule has 0 spiro atoms. The molecular formula is C21H26FN5OS2. The van der Waals surface area contributed by atoms with Crippen molar-refractivity contribution in [3.8, 4) is 11.3 Å². The van der Waals surface area contributed by atoms with E-state index in [0.29, 0.717) is 40.2 Å². The number of nitrogens with one attached hydrogen (secondary N) is 2. The summed E-state index contributed by atoms with van der Waals surface area (Å²) >= 11 is 2.35.